The van der Waals surface area contributed by atoms with Crippen LogP contribution < -0.4 is 10.1 Å². The van der Waals surface area contributed by atoms with E-state index in [2.05, 4.69) is 20.3 Å². The molecule has 1 aliphatic rings. The van der Waals surface area contributed by atoms with E-state index in [9.17, 15) is 4.79 Å². The van der Waals surface area contributed by atoms with E-state index in [1.165, 1.54) is 5.56 Å². The summed E-state index contributed by atoms with van der Waals surface area (Å²) in [4.78, 5) is 24.2. The average Bonchev–Trinajstić information content (AvgIpc) is 3.21. The normalized spacial score (nSPS) is 12.9. The van der Waals surface area contributed by atoms with Crippen LogP contribution in [-0.2, 0) is 18.6 Å². The van der Waals surface area contributed by atoms with Crippen LogP contribution in [0.15, 0.2) is 12.4 Å². The number of hydrogen-bond acceptors (Lipinski definition) is 5. The summed E-state index contributed by atoms with van der Waals surface area (Å²) in [5.41, 5.74) is 4.93. The minimum absolute atomic E-state index is 0.120. The number of rotatable bonds is 7. The Morgan fingerprint density at radius 1 is 1.46 bits per heavy atom. The molecule has 2 heterocycles. The van der Waals surface area contributed by atoms with E-state index in [4.69, 9.17) is 4.74 Å². The van der Waals surface area contributed by atoms with Gasteiger partial charge in [-0.25, -0.2) is 9.97 Å². The summed E-state index contributed by atoms with van der Waals surface area (Å²) >= 11 is 1.75. The molecule has 0 radical (unpaired) electrons. The Balaban J connectivity index is 1.51. The minimum atomic E-state index is -0.120. The zero-order valence-corrected chi connectivity index (χ0v) is 14.8. The van der Waals surface area contributed by atoms with Crippen LogP contribution in [0.1, 0.15) is 39.4 Å². The molecule has 1 amide bonds. The number of amides is 1. The lowest BCUT2D eigenvalue weighted by Gasteiger charge is -2.10. The summed E-state index contributed by atoms with van der Waals surface area (Å²) in [7, 11) is 1.56. The Kier molecular flexibility index (Phi) is 5.40. The van der Waals surface area contributed by atoms with Crippen molar-refractivity contribution in [3.8, 4) is 5.88 Å². The standard InChI is InChI=1S/C17H22N4O2S/c1-11-15(20-10-19-11)9-24-7-6-18-16(22)13-8-12-4-3-5-14(12)21-17(13)23-2/h8,10H,3-7,9H2,1-2H3,(H,18,22)(H,19,20). The molecular weight excluding hydrogens is 324 g/mol. The smallest absolute Gasteiger partial charge is 0.256 e. The summed E-state index contributed by atoms with van der Waals surface area (Å²) in [6, 6.07) is 1.93. The number of thioether (sulfide) groups is 1. The Labute approximate surface area is 145 Å². The molecule has 0 atom stereocenters. The van der Waals surface area contributed by atoms with E-state index in [1.54, 1.807) is 25.2 Å². The van der Waals surface area contributed by atoms with Crippen molar-refractivity contribution in [2.75, 3.05) is 19.4 Å². The van der Waals surface area contributed by atoms with Crippen molar-refractivity contribution < 1.29 is 9.53 Å². The van der Waals surface area contributed by atoms with Crippen LogP contribution in [0.4, 0.5) is 0 Å². The van der Waals surface area contributed by atoms with Gasteiger partial charge in [-0.05, 0) is 37.8 Å². The van der Waals surface area contributed by atoms with E-state index in [0.717, 1.165) is 47.8 Å². The number of hydrogen-bond donors (Lipinski definition) is 2. The molecule has 24 heavy (non-hydrogen) atoms. The first-order chi connectivity index (χ1) is 11.7. The fourth-order valence-corrected chi connectivity index (χ4v) is 3.68. The summed E-state index contributed by atoms with van der Waals surface area (Å²) in [6.07, 6.45) is 4.77. The van der Waals surface area contributed by atoms with E-state index in [1.807, 2.05) is 13.0 Å². The number of carbonyl (C=O) groups excluding carboxylic acids is 1. The van der Waals surface area contributed by atoms with Crippen LogP contribution in [0.3, 0.4) is 0 Å². The number of methoxy groups -OCH3 is 1. The molecule has 2 aromatic rings. The quantitative estimate of drug-likeness (QED) is 0.752. The number of aryl methyl sites for hydroxylation is 3. The highest BCUT2D eigenvalue weighted by Gasteiger charge is 2.20. The monoisotopic (exact) mass is 346 g/mol. The number of aromatic amines is 1. The van der Waals surface area contributed by atoms with Crippen LogP contribution in [0.25, 0.3) is 0 Å². The Bertz CT molecular complexity index is 729. The SMILES string of the molecule is COc1nc2c(cc1C(=O)NCCSCc1nc[nH]c1C)CCC2. The molecule has 7 heteroatoms. The molecule has 0 aromatic carbocycles. The summed E-state index contributed by atoms with van der Waals surface area (Å²) in [6.45, 7) is 2.62. The van der Waals surface area contributed by atoms with Crippen molar-refractivity contribution >= 4 is 17.7 Å². The second-order valence-electron chi connectivity index (χ2n) is 5.79. The molecule has 1 aliphatic carbocycles. The fourth-order valence-electron chi connectivity index (χ4n) is 2.80. The van der Waals surface area contributed by atoms with Gasteiger partial charge in [0.05, 0.1) is 19.1 Å². The summed E-state index contributed by atoms with van der Waals surface area (Å²) in [5, 5.41) is 2.95. The largest absolute Gasteiger partial charge is 0.480 e. The van der Waals surface area contributed by atoms with Crippen molar-refractivity contribution in [1.29, 1.82) is 0 Å². The first kappa shape index (κ1) is 16.8. The molecule has 0 unspecified atom stereocenters. The van der Waals surface area contributed by atoms with Gasteiger partial charge in [0.25, 0.3) is 5.91 Å². The molecule has 0 aliphatic heterocycles. The van der Waals surface area contributed by atoms with Gasteiger partial charge in [0.1, 0.15) is 5.56 Å². The van der Waals surface area contributed by atoms with Gasteiger partial charge < -0.3 is 15.0 Å². The highest BCUT2D eigenvalue weighted by atomic mass is 32.2. The van der Waals surface area contributed by atoms with Crippen molar-refractivity contribution in [2.24, 2.45) is 0 Å². The number of carbonyl (C=O) groups is 1. The lowest BCUT2D eigenvalue weighted by molar-refractivity contribution is 0.0952. The van der Waals surface area contributed by atoms with E-state index in [-0.39, 0.29) is 5.91 Å². The average molecular weight is 346 g/mol. The van der Waals surface area contributed by atoms with Gasteiger partial charge in [0.2, 0.25) is 5.88 Å². The molecule has 0 spiro atoms. The lowest BCUT2D eigenvalue weighted by atomic mass is 10.1. The van der Waals surface area contributed by atoms with Gasteiger partial charge in [-0.2, -0.15) is 11.8 Å². The number of imidazole rings is 1. The summed E-state index contributed by atoms with van der Waals surface area (Å²) in [5.74, 6) is 1.98. The first-order valence-electron chi connectivity index (χ1n) is 8.10. The van der Waals surface area contributed by atoms with Gasteiger partial charge in [-0.3, -0.25) is 4.79 Å². The third kappa shape index (κ3) is 3.72. The number of ether oxygens (including phenoxy) is 1. The molecule has 0 saturated heterocycles. The van der Waals surface area contributed by atoms with Crippen molar-refractivity contribution in [3.05, 3.63) is 40.6 Å². The first-order valence-corrected chi connectivity index (χ1v) is 9.26. The highest BCUT2D eigenvalue weighted by Crippen LogP contribution is 2.26. The minimum Gasteiger partial charge on any atom is -0.480 e. The molecule has 0 saturated carbocycles. The zero-order valence-electron chi connectivity index (χ0n) is 14.0. The highest BCUT2D eigenvalue weighted by molar-refractivity contribution is 7.98. The van der Waals surface area contributed by atoms with Crippen LogP contribution in [0.2, 0.25) is 0 Å². The molecule has 0 fully saturated rings. The second-order valence-corrected chi connectivity index (χ2v) is 6.89. The van der Waals surface area contributed by atoms with E-state index >= 15 is 0 Å². The van der Waals surface area contributed by atoms with Crippen molar-refractivity contribution in [1.82, 2.24) is 20.3 Å². The maximum atomic E-state index is 12.4. The third-order valence-corrected chi connectivity index (χ3v) is 5.13. The van der Waals surface area contributed by atoms with Crippen LogP contribution in [0.5, 0.6) is 5.88 Å². The second kappa shape index (κ2) is 7.70. The zero-order chi connectivity index (χ0) is 16.9. The number of pyridine rings is 1. The van der Waals surface area contributed by atoms with Crippen molar-refractivity contribution in [3.63, 3.8) is 0 Å². The predicted octanol–water partition coefficient (Wildman–Crippen LogP) is 2.27. The van der Waals surface area contributed by atoms with Gasteiger partial charge in [-0.1, -0.05) is 0 Å². The van der Waals surface area contributed by atoms with E-state index in [0.29, 0.717) is 18.0 Å². The van der Waals surface area contributed by atoms with Crippen LogP contribution in [0, 0.1) is 6.92 Å². The lowest BCUT2D eigenvalue weighted by Crippen LogP contribution is -2.26. The summed E-state index contributed by atoms with van der Waals surface area (Å²) < 4.78 is 5.29. The predicted molar refractivity (Wildman–Crippen MR) is 94.6 cm³/mol. The Morgan fingerprint density at radius 2 is 2.33 bits per heavy atom. The van der Waals surface area contributed by atoms with Gasteiger partial charge in [0, 0.05) is 29.4 Å². The number of H-pyrrole nitrogens is 1. The number of nitrogens with zero attached hydrogens (tertiary/aromatic N) is 2. The fraction of sp³-hybridized carbons (Fsp3) is 0.471. The van der Waals surface area contributed by atoms with E-state index < -0.39 is 0 Å². The Hall–Kier alpha value is -2.02. The maximum Gasteiger partial charge on any atom is 0.256 e. The van der Waals surface area contributed by atoms with Gasteiger partial charge in [0.15, 0.2) is 0 Å². The molecule has 2 aromatic heterocycles. The van der Waals surface area contributed by atoms with Crippen LogP contribution in [-0.4, -0.2) is 40.3 Å². The molecule has 0 bridgehead atoms. The molecule has 128 valence electrons. The van der Waals surface area contributed by atoms with Gasteiger partial charge in [-0.15, -0.1) is 0 Å². The molecule has 6 nitrogen and oxygen atoms in total. The molecule has 2 N–H and O–H groups in total. The van der Waals surface area contributed by atoms with Crippen LogP contribution >= 0.6 is 11.8 Å². The third-order valence-electron chi connectivity index (χ3n) is 4.16. The molecule has 3 rings (SSSR count). The number of aromatic nitrogens is 3. The molecular formula is C17H22N4O2S. The van der Waals surface area contributed by atoms with Crippen molar-refractivity contribution in [2.45, 2.75) is 31.9 Å². The Morgan fingerprint density at radius 3 is 3.08 bits per heavy atom. The topological polar surface area (TPSA) is 79.9 Å². The number of nitrogens with one attached hydrogen (secondary N) is 2. The maximum absolute atomic E-state index is 12.4. The number of fused-ring (bicyclic) bond motifs is 1. The van der Waals surface area contributed by atoms with Gasteiger partial charge >= 0.3 is 0 Å².